The van der Waals surface area contributed by atoms with Gasteiger partial charge in [-0.2, -0.15) is 0 Å². The van der Waals surface area contributed by atoms with Crippen LogP contribution in [-0.4, -0.2) is 37.4 Å². The summed E-state index contributed by atoms with van der Waals surface area (Å²) in [6.45, 7) is 3.22. The third-order valence-corrected chi connectivity index (χ3v) is 6.86. The summed E-state index contributed by atoms with van der Waals surface area (Å²) in [4.78, 5) is 12.0. The van der Waals surface area contributed by atoms with Gasteiger partial charge >= 0.3 is 0 Å². The lowest BCUT2D eigenvalue weighted by atomic mass is 9.67. The molecule has 0 radical (unpaired) electrons. The van der Waals surface area contributed by atoms with Crippen LogP contribution >= 0.6 is 12.4 Å². The minimum atomic E-state index is -3.32. The Labute approximate surface area is 133 Å². The summed E-state index contributed by atoms with van der Waals surface area (Å²) in [6, 6.07) is 0.358. The fourth-order valence-corrected chi connectivity index (χ4v) is 4.38. The quantitative estimate of drug-likeness (QED) is 0.807. The van der Waals surface area contributed by atoms with E-state index in [1.54, 1.807) is 13.8 Å². The molecule has 0 saturated heterocycles. The second kappa shape index (κ2) is 7.29. The lowest BCUT2D eigenvalue weighted by molar-refractivity contribution is -0.120. The van der Waals surface area contributed by atoms with Gasteiger partial charge in [-0.25, -0.2) is 8.42 Å². The van der Waals surface area contributed by atoms with Crippen molar-refractivity contribution in [2.75, 3.05) is 5.75 Å². The summed E-state index contributed by atoms with van der Waals surface area (Å²) in [5, 5.41) is 2.47. The monoisotopic (exact) mass is 338 g/mol. The van der Waals surface area contributed by atoms with Gasteiger partial charge in [-0.15, -0.1) is 12.4 Å². The van der Waals surface area contributed by atoms with E-state index in [-0.39, 0.29) is 30.4 Å². The smallest absolute Gasteiger partial charge is 0.235 e. The molecular weight excluding hydrogens is 312 g/mol. The van der Waals surface area contributed by atoms with Crippen LogP contribution in [0.5, 0.6) is 0 Å². The first-order chi connectivity index (χ1) is 9.29. The fourth-order valence-electron chi connectivity index (χ4n) is 3.60. The number of hydrogen-bond donors (Lipinski definition) is 2. The predicted molar refractivity (Wildman–Crippen MR) is 86.1 cm³/mol. The van der Waals surface area contributed by atoms with E-state index in [2.05, 4.69) is 5.32 Å². The van der Waals surface area contributed by atoms with Crippen LogP contribution in [0.2, 0.25) is 0 Å². The number of carbonyl (C=O) groups is 1. The molecule has 2 aliphatic carbocycles. The molecule has 0 spiro atoms. The van der Waals surface area contributed by atoms with Crippen molar-refractivity contribution in [3.63, 3.8) is 0 Å². The van der Waals surface area contributed by atoms with Crippen molar-refractivity contribution in [1.82, 2.24) is 5.32 Å². The van der Waals surface area contributed by atoms with E-state index in [4.69, 9.17) is 5.73 Å². The highest BCUT2D eigenvalue weighted by Crippen LogP contribution is 2.39. The minimum Gasteiger partial charge on any atom is -0.352 e. The zero-order valence-electron chi connectivity index (χ0n) is 12.7. The van der Waals surface area contributed by atoms with Crippen LogP contribution in [0.15, 0.2) is 0 Å². The molecule has 7 heteroatoms. The number of amides is 1. The second-order valence-electron chi connectivity index (χ2n) is 6.63. The van der Waals surface area contributed by atoms with Crippen LogP contribution in [0.1, 0.15) is 46.0 Å². The predicted octanol–water partition coefficient (Wildman–Crippen LogP) is 1.25. The topological polar surface area (TPSA) is 89.3 Å². The molecule has 2 unspecified atom stereocenters. The van der Waals surface area contributed by atoms with E-state index in [9.17, 15) is 13.2 Å². The number of sulfone groups is 1. The summed E-state index contributed by atoms with van der Waals surface area (Å²) in [5.41, 5.74) is 6.05. The first-order valence-electron chi connectivity index (χ1n) is 7.56. The van der Waals surface area contributed by atoms with Gasteiger partial charge in [0.25, 0.3) is 0 Å². The van der Waals surface area contributed by atoms with Gasteiger partial charge in [0.15, 0.2) is 9.84 Å². The number of carbonyl (C=O) groups excluding carboxylic acids is 1. The Bertz CT molecular complexity index is 453. The van der Waals surface area contributed by atoms with Crippen LogP contribution < -0.4 is 11.1 Å². The van der Waals surface area contributed by atoms with Crippen molar-refractivity contribution < 1.29 is 13.2 Å². The molecule has 21 heavy (non-hydrogen) atoms. The highest BCUT2D eigenvalue weighted by molar-refractivity contribution is 7.92. The normalized spacial score (nSPS) is 32.4. The summed E-state index contributed by atoms with van der Waals surface area (Å²) < 4.78 is 23.6. The first-order valence-corrected chi connectivity index (χ1v) is 9.27. The van der Waals surface area contributed by atoms with E-state index in [0.29, 0.717) is 11.8 Å². The van der Waals surface area contributed by atoms with Crippen LogP contribution in [0.3, 0.4) is 0 Å². The lowest BCUT2D eigenvalue weighted by Gasteiger charge is -2.45. The zero-order valence-corrected chi connectivity index (χ0v) is 14.4. The van der Waals surface area contributed by atoms with E-state index < -0.39 is 20.8 Å². The summed E-state index contributed by atoms with van der Waals surface area (Å²) in [5.74, 6) is 0.0922. The molecule has 1 amide bonds. The highest BCUT2D eigenvalue weighted by Gasteiger charge is 2.40. The van der Waals surface area contributed by atoms with E-state index in [1.165, 1.54) is 6.42 Å². The maximum absolute atomic E-state index is 12.0. The standard InChI is InChI=1S/C14H26N2O3S.ClH/c1-9(2)20(18,19)8-13(17)16-14-10-4-3-5-11(14)7-12(15)6-10;/h9-12,14H,3-8,15H2,1-2H3,(H,16,17);1H. The molecule has 2 aliphatic rings. The van der Waals surface area contributed by atoms with Crippen molar-refractivity contribution >= 4 is 28.2 Å². The minimum absolute atomic E-state index is 0. The van der Waals surface area contributed by atoms with Gasteiger partial charge in [0.2, 0.25) is 5.91 Å². The third kappa shape index (κ3) is 4.57. The Balaban J connectivity index is 0.00000220. The van der Waals surface area contributed by atoms with Crippen LogP contribution in [0, 0.1) is 11.8 Å². The average Bonchev–Trinajstić information content (AvgIpc) is 2.29. The maximum Gasteiger partial charge on any atom is 0.235 e. The summed E-state index contributed by atoms with van der Waals surface area (Å²) in [7, 11) is -3.32. The molecule has 2 rings (SSSR count). The highest BCUT2D eigenvalue weighted by atomic mass is 35.5. The molecule has 0 aromatic rings. The Morgan fingerprint density at radius 1 is 1.24 bits per heavy atom. The summed E-state index contributed by atoms with van der Waals surface area (Å²) >= 11 is 0. The van der Waals surface area contributed by atoms with Gasteiger partial charge in [-0.3, -0.25) is 4.79 Å². The number of hydrogen-bond acceptors (Lipinski definition) is 4. The van der Waals surface area contributed by atoms with Gasteiger partial charge in [-0.05, 0) is 51.4 Å². The van der Waals surface area contributed by atoms with E-state index >= 15 is 0 Å². The van der Waals surface area contributed by atoms with E-state index in [0.717, 1.165) is 25.7 Å². The number of rotatable bonds is 4. The van der Waals surface area contributed by atoms with Crippen molar-refractivity contribution in [2.45, 2.75) is 63.3 Å². The molecule has 0 heterocycles. The number of nitrogens with two attached hydrogens (primary N) is 1. The molecule has 2 atom stereocenters. The van der Waals surface area contributed by atoms with Gasteiger partial charge in [-0.1, -0.05) is 6.42 Å². The lowest BCUT2D eigenvalue weighted by Crippen LogP contribution is -2.54. The molecule has 3 N–H and O–H groups in total. The molecule has 124 valence electrons. The largest absolute Gasteiger partial charge is 0.352 e. The van der Waals surface area contributed by atoms with Gasteiger partial charge in [0.05, 0.1) is 5.25 Å². The van der Waals surface area contributed by atoms with Crippen LogP contribution in [0.4, 0.5) is 0 Å². The molecule has 0 aromatic carbocycles. The molecular formula is C14H27ClN2O3S. The summed E-state index contributed by atoms with van der Waals surface area (Å²) in [6.07, 6.45) is 5.26. The fraction of sp³-hybridized carbons (Fsp3) is 0.929. The third-order valence-electron chi connectivity index (χ3n) is 4.75. The second-order valence-corrected chi connectivity index (χ2v) is 9.19. The molecule has 0 aliphatic heterocycles. The Morgan fingerprint density at radius 2 is 1.76 bits per heavy atom. The number of halogens is 1. The molecule has 0 aromatic heterocycles. The zero-order chi connectivity index (χ0) is 14.9. The Morgan fingerprint density at radius 3 is 2.24 bits per heavy atom. The van der Waals surface area contributed by atoms with Gasteiger partial charge in [0, 0.05) is 12.1 Å². The van der Waals surface area contributed by atoms with Crippen molar-refractivity contribution in [3.05, 3.63) is 0 Å². The molecule has 2 bridgehead atoms. The Kier molecular flexibility index (Phi) is 6.50. The van der Waals surface area contributed by atoms with Crippen molar-refractivity contribution in [1.29, 1.82) is 0 Å². The first kappa shape index (κ1) is 18.7. The molecule has 5 nitrogen and oxygen atoms in total. The van der Waals surface area contributed by atoms with Gasteiger partial charge < -0.3 is 11.1 Å². The van der Waals surface area contributed by atoms with Crippen molar-refractivity contribution in [3.8, 4) is 0 Å². The van der Waals surface area contributed by atoms with Crippen molar-refractivity contribution in [2.24, 2.45) is 17.6 Å². The molecule has 2 fully saturated rings. The Hall–Kier alpha value is -0.330. The number of fused-ring (bicyclic) bond motifs is 2. The van der Waals surface area contributed by atoms with Crippen LogP contribution in [-0.2, 0) is 14.6 Å². The average molecular weight is 339 g/mol. The number of nitrogens with one attached hydrogen (secondary N) is 1. The SMILES string of the molecule is CC(C)S(=O)(=O)CC(=O)NC1C2CCCC1CC(N)C2.Cl. The van der Waals surface area contributed by atoms with Crippen LogP contribution in [0.25, 0.3) is 0 Å². The van der Waals surface area contributed by atoms with E-state index in [1.807, 2.05) is 0 Å². The molecule has 2 saturated carbocycles. The maximum atomic E-state index is 12.0. The van der Waals surface area contributed by atoms with Gasteiger partial charge in [0.1, 0.15) is 5.75 Å².